The Kier molecular flexibility index (Phi) is 7.61. The molecule has 258 valence electrons. The third-order valence-corrected chi connectivity index (χ3v) is 13.2. The van der Waals surface area contributed by atoms with Crippen molar-refractivity contribution in [3.8, 4) is 33.4 Å². The van der Waals surface area contributed by atoms with Gasteiger partial charge in [0.25, 0.3) is 0 Å². The second-order valence-electron chi connectivity index (χ2n) is 14.1. The van der Waals surface area contributed by atoms with Gasteiger partial charge in [-0.2, -0.15) is 0 Å². The summed E-state index contributed by atoms with van der Waals surface area (Å²) in [6.45, 7) is 0. The van der Waals surface area contributed by atoms with Crippen molar-refractivity contribution in [1.82, 2.24) is 0 Å². The molecule has 0 aliphatic heterocycles. The zero-order valence-corrected chi connectivity index (χ0v) is 31.4. The van der Waals surface area contributed by atoms with Gasteiger partial charge in [-0.1, -0.05) is 152 Å². The SMILES string of the molecule is c1ccc(-c2ccc(-c3ccc4ccccc4c3)cc2N(c2ccc3sc4ccccc4c3c2)c2ccccc2-c2cccc3c2sc2ccccc23)cc1. The smallest absolute Gasteiger partial charge is 0.0546 e. The predicted octanol–water partition coefficient (Wildman–Crippen LogP) is 16.0. The lowest BCUT2D eigenvalue weighted by atomic mass is 9.94. The molecule has 0 bridgehead atoms. The molecule has 0 unspecified atom stereocenters. The molecule has 9 aromatic carbocycles. The van der Waals surface area contributed by atoms with Gasteiger partial charge in [-0.25, -0.2) is 0 Å². The van der Waals surface area contributed by atoms with Crippen LogP contribution in [0.2, 0.25) is 0 Å². The van der Waals surface area contributed by atoms with E-state index in [1.165, 1.54) is 84.5 Å². The summed E-state index contributed by atoms with van der Waals surface area (Å²) in [6, 6.07) is 73.6. The molecule has 2 aromatic heterocycles. The summed E-state index contributed by atoms with van der Waals surface area (Å²) in [5, 5.41) is 7.66. The van der Waals surface area contributed by atoms with Gasteiger partial charge < -0.3 is 4.90 Å². The molecule has 0 N–H and O–H groups in total. The molecular weight excluding hydrogens is 703 g/mol. The Morgan fingerprint density at radius 2 is 0.945 bits per heavy atom. The van der Waals surface area contributed by atoms with Gasteiger partial charge in [0, 0.05) is 62.7 Å². The van der Waals surface area contributed by atoms with Crippen molar-refractivity contribution in [2.24, 2.45) is 0 Å². The van der Waals surface area contributed by atoms with Crippen LogP contribution in [-0.4, -0.2) is 0 Å². The monoisotopic (exact) mass is 735 g/mol. The van der Waals surface area contributed by atoms with Crippen LogP contribution in [0.25, 0.3) is 84.5 Å². The van der Waals surface area contributed by atoms with Crippen molar-refractivity contribution >= 4 is 90.9 Å². The summed E-state index contributed by atoms with van der Waals surface area (Å²) < 4.78 is 5.22. The van der Waals surface area contributed by atoms with Crippen LogP contribution in [0.1, 0.15) is 0 Å². The standard InChI is InChI=1S/C52H33NS2/c1-2-14-35(15-3-1)40-29-27-38(37-26-25-34-13-4-5-16-36(34)31-37)32-48(40)53(39-28-30-51-46(33-39)43-19-8-10-23-49(43)54-51)47-22-9-6-17-41(47)44-20-12-21-45-42-18-7-11-24-50(42)55-52(44)45/h1-33H. The van der Waals surface area contributed by atoms with E-state index in [1.807, 2.05) is 22.7 Å². The Labute approximate surface area is 327 Å². The average Bonchev–Trinajstić information content (AvgIpc) is 3.83. The van der Waals surface area contributed by atoms with Gasteiger partial charge in [0.2, 0.25) is 0 Å². The molecule has 1 nitrogen and oxygen atoms in total. The molecule has 0 aliphatic carbocycles. The number of nitrogens with zero attached hydrogens (tertiary/aromatic N) is 1. The van der Waals surface area contributed by atoms with Gasteiger partial charge in [0.15, 0.2) is 0 Å². The maximum Gasteiger partial charge on any atom is 0.0546 e. The summed E-state index contributed by atoms with van der Waals surface area (Å²) in [6.07, 6.45) is 0. The fraction of sp³-hybridized carbons (Fsp3) is 0. The third-order valence-electron chi connectivity index (χ3n) is 10.9. The lowest BCUT2D eigenvalue weighted by Crippen LogP contribution is -2.12. The lowest BCUT2D eigenvalue weighted by Gasteiger charge is -2.30. The Morgan fingerprint density at radius 1 is 0.309 bits per heavy atom. The Bertz CT molecular complexity index is 3220. The van der Waals surface area contributed by atoms with Gasteiger partial charge in [0.05, 0.1) is 11.4 Å². The van der Waals surface area contributed by atoms with E-state index in [-0.39, 0.29) is 0 Å². The van der Waals surface area contributed by atoms with Gasteiger partial charge in [-0.05, 0) is 76.0 Å². The fourth-order valence-electron chi connectivity index (χ4n) is 8.24. The summed E-state index contributed by atoms with van der Waals surface area (Å²) in [4.78, 5) is 2.51. The highest BCUT2D eigenvalue weighted by Gasteiger charge is 2.23. The van der Waals surface area contributed by atoms with Crippen LogP contribution in [0, 0.1) is 0 Å². The molecule has 2 heterocycles. The minimum Gasteiger partial charge on any atom is -0.309 e. The second kappa shape index (κ2) is 13.1. The van der Waals surface area contributed by atoms with E-state index in [0.717, 1.165) is 17.1 Å². The first kappa shape index (κ1) is 32.0. The lowest BCUT2D eigenvalue weighted by molar-refractivity contribution is 1.29. The van der Waals surface area contributed by atoms with Crippen molar-refractivity contribution in [2.75, 3.05) is 4.90 Å². The van der Waals surface area contributed by atoms with E-state index < -0.39 is 0 Å². The fourth-order valence-corrected chi connectivity index (χ4v) is 10.6. The summed E-state index contributed by atoms with van der Waals surface area (Å²) in [7, 11) is 0. The molecule has 0 saturated heterocycles. The van der Waals surface area contributed by atoms with Crippen LogP contribution in [0.4, 0.5) is 17.1 Å². The number of thiophene rings is 2. The molecule has 0 spiro atoms. The zero-order valence-electron chi connectivity index (χ0n) is 29.8. The number of rotatable bonds is 6. The molecule has 0 amide bonds. The number of anilines is 3. The van der Waals surface area contributed by atoms with Gasteiger partial charge in [-0.3, -0.25) is 0 Å². The van der Waals surface area contributed by atoms with E-state index in [0.29, 0.717) is 0 Å². The van der Waals surface area contributed by atoms with Crippen LogP contribution >= 0.6 is 22.7 Å². The first-order chi connectivity index (χ1) is 27.3. The Balaban J connectivity index is 1.21. The summed E-state index contributed by atoms with van der Waals surface area (Å²) >= 11 is 3.74. The van der Waals surface area contributed by atoms with Crippen molar-refractivity contribution in [3.05, 3.63) is 200 Å². The molecule has 0 aliphatic rings. The van der Waals surface area contributed by atoms with Gasteiger partial charge in [-0.15, -0.1) is 22.7 Å². The van der Waals surface area contributed by atoms with E-state index in [4.69, 9.17) is 0 Å². The Hall–Kier alpha value is -6.52. The molecule has 11 aromatic rings. The predicted molar refractivity (Wildman–Crippen MR) is 241 cm³/mol. The molecule has 0 radical (unpaired) electrons. The van der Waals surface area contributed by atoms with E-state index in [9.17, 15) is 0 Å². The van der Waals surface area contributed by atoms with Gasteiger partial charge >= 0.3 is 0 Å². The topological polar surface area (TPSA) is 3.24 Å². The molecule has 0 atom stereocenters. The minimum absolute atomic E-state index is 1.12. The number of hydrogen-bond donors (Lipinski definition) is 0. The molecule has 0 fully saturated rings. The van der Waals surface area contributed by atoms with Crippen LogP contribution < -0.4 is 4.90 Å². The maximum atomic E-state index is 2.51. The number of benzene rings is 9. The highest BCUT2D eigenvalue weighted by atomic mass is 32.1. The van der Waals surface area contributed by atoms with Crippen LogP contribution in [0.3, 0.4) is 0 Å². The first-order valence-corrected chi connectivity index (χ1v) is 20.3. The van der Waals surface area contributed by atoms with Crippen LogP contribution in [0.15, 0.2) is 200 Å². The third kappa shape index (κ3) is 5.43. The second-order valence-corrected chi connectivity index (χ2v) is 16.2. The Morgan fingerprint density at radius 3 is 1.82 bits per heavy atom. The zero-order chi connectivity index (χ0) is 36.3. The van der Waals surface area contributed by atoms with Gasteiger partial charge in [0.1, 0.15) is 0 Å². The first-order valence-electron chi connectivity index (χ1n) is 18.7. The largest absolute Gasteiger partial charge is 0.309 e. The highest BCUT2D eigenvalue weighted by Crippen LogP contribution is 2.49. The van der Waals surface area contributed by atoms with E-state index in [1.54, 1.807) is 0 Å². The van der Waals surface area contributed by atoms with Crippen LogP contribution in [0.5, 0.6) is 0 Å². The number of para-hydroxylation sites is 1. The molecule has 55 heavy (non-hydrogen) atoms. The number of hydrogen-bond acceptors (Lipinski definition) is 3. The molecule has 3 heteroatoms. The molecule has 11 rings (SSSR count). The van der Waals surface area contributed by atoms with Crippen molar-refractivity contribution in [2.45, 2.75) is 0 Å². The van der Waals surface area contributed by atoms with Crippen molar-refractivity contribution in [1.29, 1.82) is 0 Å². The molecular formula is C52H33NS2. The van der Waals surface area contributed by atoms with Crippen molar-refractivity contribution in [3.63, 3.8) is 0 Å². The van der Waals surface area contributed by atoms with E-state index in [2.05, 4.69) is 205 Å². The van der Waals surface area contributed by atoms with Crippen molar-refractivity contribution < 1.29 is 0 Å². The normalized spacial score (nSPS) is 11.6. The summed E-state index contributed by atoms with van der Waals surface area (Å²) in [5.41, 5.74) is 10.6. The maximum absolute atomic E-state index is 2.51. The minimum atomic E-state index is 1.12. The molecule has 0 saturated carbocycles. The average molecular weight is 736 g/mol. The number of fused-ring (bicyclic) bond motifs is 7. The van der Waals surface area contributed by atoms with Crippen LogP contribution in [-0.2, 0) is 0 Å². The highest BCUT2D eigenvalue weighted by molar-refractivity contribution is 7.26. The summed E-state index contributed by atoms with van der Waals surface area (Å²) in [5.74, 6) is 0. The quantitative estimate of drug-likeness (QED) is 0.164. The van der Waals surface area contributed by atoms with E-state index >= 15 is 0 Å².